The third kappa shape index (κ3) is 2.46. The maximum atomic E-state index is 13.2. The van der Waals surface area contributed by atoms with E-state index < -0.39 is 11.6 Å². The highest BCUT2D eigenvalue weighted by molar-refractivity contribution is 5.26. The van der Waals surface area contributed by atoms with E-state index in [2.05, 4.69) is 0 Å². The highest BCUT2D eigenvalue weighted by atomic mass is 19.1. The first kappa shape index (κ1) is 10.4. The number of para-hydroxylation sites is 1. The number of halogens is 2. The molecule has 1 fully saturated rings. The molecule has 1 aliphatic carbocycles. The fourth-order valence-corrected chi connectivity index (χ4v) is 1.94. The Kier molecular flexibility index (Phi) is 3.19. The van der Waals surface area contributed by atoms with Crippen molar-refractivity contribution in [2.45, 2.75) is 38.2 Å². The van der Waals surface area contributed by atoms with Gasteiger partial charge in [0.25, 0.3) is 0 Å². The molecule has 1 aromatic carbocycles. The van der Waals surface area contributed by atoms with Gasteiger partial charge in [0.15, 0.2) is 17.4 Å². The molecule has 1 aromatic rings. The molecule has 0 amide bonds. The van der Waals surface area contributed by atoms with E-state index in [-0.39, 0.29) is 11.9 Å². The third-order valence-electron chi connectivity index (χ3n) is 2.76. The van der Waals surface area contributed by atoms with Gasteiger partial charge in [-0.05, 0) is 37.8 Å². The molecule has 0 aliphatic heterocycles. The number of hydrogen-bond acceptors (Lipinski definition) is 1. The van der Waals surface area contributed by atoms with E-state index in [0.29, 0.717) is 0 Å². The number of benzene rings is 1. The summed E-state index contributed by atoms with van der Waals surface area (Å²) in [6.45, 7) is 0. The normalized spacial score (nSPS) is 17.7. The minimum absolute atomic E-state index is 0.0230. The summed E-state index contributed by atoms with van der Waals surface area (Å²) in [4.78, 5) is 0. The summed E-state index contributed by atoms with van der Waals surface area (Å²) in [5, 5.41) is 0. The zero-order valence-electron chi connectivity index (χ0n) is 8.51. The highest BCUT2D eigenvalue weighted by Crippen LogP contribution is 2.27. The Balaban J connectivity index is 2.09. The van der Waals surface area contributed by atoms with Crippen molar-refractivity contribution in [1.29, 1.82) is 0 Å². The fraction of sp³-hybridized carbons (Fsp3) is 0.500. The van der Waals surface area contributed by atoms with Gasteiger partial charge in [0.2, 0.25) is 0 Å². The molecule has 0 radical (unpaired) electrons. The predicted octanol–water partition coefficient (Wildman–Crippen LogP) is 3.68. The molecule has 1 aliphatic rings. The van der Waals surface area contributed by atoms with Crippen molar-refractivity contribution in [1.82, 2.24) is 0 Å². The zero-order chi connectivity index (χ0) is 10.7. The van der Waals surface area contributed by atoms with Crippen LogP contribution in [0.2, 0.25) is 0 Å². The Bertz CT molecular complexity index is 312. The highest BCUT2D eigenvalue weighted by Gasteiger charge is 2.18. The maximum Gasteiger partial charge on any atom is 0.191 e. The third-order valence-corrected chi connectivity index (χ3v) is 2.76. The van der Waals surface area contributed by atoms with Crippen LogP contribution in [-0.4, -0.2) is 6.10 Å². The summed E-state index contributed by atoms with van der Waals surface area (Å²) in [6.07, 6.45) is 5.13. The second-order valence-corrected chi connectivity index (χ2v) is 3.93. The van der Waals surface area contributed by atoms with E-state index in [1.54, 1.807) is 0 Å². The van der Waals surface area contributed by atoms with E-state index in [9.17, 15) is 8.78 Å². The smallest absolute Gasteiger partial charge is 0.191 e. The van der Waals surface area contributed by atoms with Crippen LogP contribution in [0.4, 0.5) is 8.78 Å². The molecule has 2 rings (SSSR count). The summed E-state index contributed by atoms with van der Waals surface area (Å²) in [5.74, 6) is -1.44. The Hall–Kier alpha value is -1.12. The molecule has 0 N–H and O–H groups in total. The SMILES string of the molecule is Fc1cccc(F)c1OC1CCCCC1. The van der Waals surface area contributed by atoms with Gasteiger partial charge in [-0.25, -0.2) is 8.78 Å². The largest absolute Gasteiger partial charge is 0.484 e. The first-order chi connectivity index (χ1) is 7.27. The van der Waals surface area contributed by atoms with E-state index in [0.717, 1.165) is 25.7 Å². The Morgan fingerprint density at radius 2 is 1.60 bits per heavy atom. The molecular formula is C12H14F2O. The van der Waals surface area contributed by atoms with Crippen molar-refractivity contribution in [2.75, 3.05) is 0 Å². The van der Waals surface area contributed by atoms with Gasteiger partial charge >= 0.3 is 0 Å². The molecule has 1 nitrogen and oxygen atoms in total. The number of ether oxygens (including phenoxy) is 1. The van der Waals surface area contributed by atoms with Crippen LogP contribution < -0.4 is 4.74 Å². The molecular weight excluding hydrogens is 198 g/mol. The van der Waals surface area contributed by atoms with Crippen molar-refractivity contribution in [3.63, 3.8) is 0 Å². The van der Waals surface area contributed by atoms with Gasteiger partial charge in [-0.15, -0.1) is 0 Å². The molecule has 0 atom stereocenters. The Morgan fingerprint density at radius 1 is 1.00 bits per heavy atom. The first-order valence-electron chi connectivity index (χ1n) is 5.38. The monoisotopic (exact) mass is 212 g/mol. The van der Waals surface area contributed by atoms with Crippen LogP contribution >= 0.6 is 0 Å². The van der Waals surface area contributed by atoms with Crippen molar-refractivity contribution < 1.29 is 13.5 Å². The molecule has 0 bridgehead atoms. The van der Waals surface area contributed by atoms with Crippen LogP contribution in [-0.2, 0) is 0 Å². The van der Waals surface area contributed by atoms with Crippen molar-refractivity contribution in [2.24, 2.45) is 0 Å². The minimum atomic E-state index is -0.611. The fourth-order valence-electron chi connectivity index (χ4n) is 1.94. The topological polar surface area (TPSA) is 9.23 Å². The van der Waals surface area contributed by atoms with Crippen LogP contribution in [0.15, 0.2) is 18.2 Å². The Morgan fingerprint density at radius 3 is 2.20 bits per heavy atom. The standard InChI is InChI=1S/C12H14F2O/c13-10-7-4-8-11(14)12(10)15-9-5-2-1-3-6-9/h4,7-9H,1-3,5-6H2. The molecule has 0 unspecified atom stereocenters. The van der Waals surface area contributed by atoms with Crippen molar-refractivity contribution in [3.8, 4) is 5.75 Å². The van der Waals surface area contributed by atoms with Crippen LogP contribution in [0.5, 0.6) is 5.75 Å². The summed E-state index contributed by atoms with van der Waals surface area (Å²) < 4.78 is 31.8. The van der Waals surface area contributed by atoms with E-state index in [1.807, 2.05) is 0 Å². The first-order valence-corrected chi connectivity index (χ1v) is 5.38. The molecule has 0 saturated heterocycles. The molecule has 15 heavy (non-hydrogen) atoms. The average molecular weight is 212 g/mol. The second-order valence-electron chi connectivity index (χ2n) is 3.93. The lowest BCUT2D eigenvalue weighted by Crippen LogP contribution is -2.20. The van der Waals surface area contributed by atoms with Gasteiger partial charge in [0.1, 0.15) is 0 Å². The van der Waals surface area contributed by atoms with E-state index >= 15 is 0 Å². The summed E-state index contributed by atoms with van der Waals surface area (Å²) in [6, 6.07) is 3.79. The molecule has 3 heteroatoms. The number of hydrogen-bond donors (Lipinski definition) is 0. The van der Waals surface area contributed by atoms with Gasteiger partial charge in [0.05, 0.1) is 6.10 Å². The van der Waals surface area contributed by atoms with Crippen LogP contribution in [0.3, 0.4) is 0 Å². The van der Waals surface area contributed by atoms with Crippen LogP contribution in [0.25, 0.3) is 0 Å². The maximum absolute atomic E-state index is 13.2. The van der Waals surface area contributed by atoms with Gasteiger partial charge in [-0.1, -0.05) is 12.5 Å². The molecule has 0 aromatic heterocycles. The molecule has 0 spiro atoms. The zero-order valence-corrected chi connectivity index (χ0v) is 8.51. The second kappa shape index (κ2) is 4.60. The van der Waals surface area contributed by atoms with Gasteiger partial charge in [-0.2, -0.15) is 0 Å². The molecule has 1 saturated carbocycles. The summed E-state index contributed by atoms with van der Waals surface area (Å²) in [5.41, 5.74) is 0. The van der Waals surface area contributed by atoms with Gasteiger partial charge < -0.3 is 4.74 Å². The predicted molar refractivity (Wildman–Crippen MR) is 53.9 cm³/mol. The summed E-state index contributed by atoms with van der Waals surface area (Å²) in [7, 11) is 0. The van der Waals surface area contributed by atoms with Gasteiger partial charge in [-0.3, -0.25) is 0 Å². The lowest BCUT2D eigenvalue weighted by Gasteiger charge is -2.23. The molecule has 82 valence electrons. The van der Waals surface area contributed by atoms with Crippen molar-refractivity contribution >= 4 is 0 Å². The van der Waals surface area contributed by atoms with E-state index in [4.69, 9.17) is 4.74 Å². The Labute approximate surface area is 88.1 Å². The average Bonchev–Trinajstić information content (AvgIpc) is 2.25. The summed E-state index contributed by atoms with van der Waals surface area (Å²) >= 11 is 0. The van der Waals surface area contributed by atoms with Crippen molar-refractivity contribution in [3.05, 3.63) is 29.8 Å². The number of rotatable bonds is 2. The van der Waals surface area contributed by atoms with Crippen LogP contribution in [0.1, 0.15) is 32.1 Å². The van der Waals surface area contributed by atoms with Crippen LogP contribution in [0, 0.1) is 11.6 Å². The lowest BCUT2D eigenvalue weighted by atomic mass is 9.98. The minimum Gasteiger partial charge on any atom is -0.484 e. The van der Waals surface area contributed by atoms with E-state index in [1.165, 1.54) is 24.6 Å². The van der Waals surface area contributed by atoms with Gasteiger partial charge in [0, 0.05) is 0 Å². The molecule has 0 heterocycles. The lowest BCUT2D eigenvalue weighted by molar-refractivity contribution is 0.142. The quantitative estimate of drug-likeness (QED) is 0.726.